The molecule has 1 aliphatic rings. The van der Waals surface area contributed by atoms with Crippen LogP contribution in [0.3, 0.4) is 0 Å². The monoisotopic (exact) mass is 181 g/mol. The van der Waals surface area contributed by atoms with E-state index in [4.69, 9.17) is 0 Å². The van der Waals surface area contributed by atoms with Crippen LogP contribution in [-0.2, 0) is 0 Å². The minimum Gasteiger partial charge on any atom is -0.363 e. The lowest BCUT2D eigenvalue weighted by atomic mass is 10.1. The fraction of sp³-hybridized carbons (Fsp3) is 0.600. The van der Waals surface area contributed by atoms with Gasteiger partial charge in [-0.25, -0.2) is 0 Å². The van der Waals surface area contributed by atoms with Gasteiger partial charge < -0.3 is 4.90 Å². The Hall–Kier alpha value is -0.500. The maximum Gasteiger partial charge on any atom is 0.0911 e. The molecular weight excluding hydrogens is 166 g/mol. The van der Waals surface area contributed by atoms with Crippen LogP contribution in [0, 0.1) is 6.92 Å². The molecule has 12 heavy (non-hydrogen) atoms. The first-order valence-corrected chi connectivity index (χ1v) is 5.49. The van der Waals surface area contributed by atoms with Crippen molar-refractivity contribution in [2.75, 3.05) is 18.0 Å². The molecule has 0 radical (unpaired) electrons. The van der Waals surface area contributed by atoms with Crippen molar-refractivity contribution in [1.29, 1.82) is 0 Å². The molecule has 2 heterocycles. The van der Waals surface area contributed by atoms with E-state index in [9.17, 15) is 0 Å². The fourth-order valence-electron chi connectivity index (χ4n) is 1.71. The fourth-order valence-corrected chi connectivity index (χ4v) is 2.62. The Morgan fingerprint density at radius 1 is 1.17 bits per heavy atom. The lowest BCUT2D eigenvalue weighted by Crippen LogP contribution is -2.28. The average Bonchev–Trinajstić information content (AvgIpc) is 2.54. The van der Waals surface area contributed by atoms with Crippen LogP contribution in [0.25, 0.3) is 0 Å². The summed E-state index contributed by atoms with van der Waals surface area (Å²) in [6, 6.07) is 4.47. The Morgan fingerprint density at radius 2 is 1.92 bits per heavy atom. The van der Waals surface area contributed by atoms with Gasteiger partial charge in [-0.2, -0.15) is 0 Å². The molecular formula is C10H15NS. The van der Waals surface area contributed by atoms with Crippen LogP contribution in [-0.4, -0.2) is 13.1 Å². The van der Waals surface area contributed by atoms with E-state index in [0.29, 0.717) is 0 Å². The number of hydrogen-bond acceptors (Lipinski definition) is 2. The SMILES string of the molecule is Cc1ccc(N2CCCCC2)s1. The van der Waals surface area contributed by atoms with Gasteiger partial charge in [0.15, 0.2) is 0 Å². The highest BCUT2D eigenvalue weighted by Gasteiger charge is 2.11. The Bertz CT molecular complexity index is 248. The predicted octanol–water partition coefficient (Wildman–Crippen LogP) is 3.05. The highest BCUT2D eigenvalue weighted by Crippen LogP contribution is 2.27. The third kappa shape index (κ3) is 1.63. The summed E-state index contributed by atoms with van der Waals surface area (Å²) in [7, 11) is 0. The highest BCUT2D eigenvalue weighted by molar-refractivity contribution is 7.16. The molecule has 1 aromatic heterocycles. The van der Waals surface area contributed by atoms with Gasteiger partial charge in [0.2, 0.25) is 0 Å². The van der Waals surface area contributed by atoms with Gasteiger partial charge in [0.1, 0.15) is 0 Å². The van der Waals surface area contributed by atoms with Crippen molar-refractivity contribution in [3.63, 3.8) is 0 Å². The molecule has 1 saturated heterocycles. The third-order valence-corrected chi connectivity index (χ3v) is 3.46. The molecule has 66 valence electrons. The summed E-state index contributed by atoms with van der Waals surface area (Å²) in [5.74, 6) is 0. The normalized spacial score (nSPS) is 18.2. The van der Waals surface area contributed by atoms with E-state index < -0.39 is 0 Å². The second-order valence-electron chi connectivity index (χ2n) is 3.43. The summed E-state index contributed by atoms with van der Waals surface area (Å²) >= 11 is 1.92. The van der Waals surface area contributed by atoms with Crippen LogP contribution < -0.4 is 4.90 Å². The second kappa shape index (κ2) is 3.48. The summed E-state index contributed by atoms with van der Waals surface area (Å²) < 4.78 is 0. The van der Waals surface area contributed by atoms with Gasteiger partial charge in [-0.15, -0.1) is 11.3 Å². The summed E-state index contributed by atoms with van der Waals surface area (Å²) in [6.45, 7) is 4.71. The Kier molecular flexibility index (Phi) is 2.35. The number of thiophene rings is 1. The standard InChI is InChI=1S/C10H15NS/c1-9-5-6-10(12-9)11-7-3-2-4-8-11/h5-6H,2-4,7-8H2,1H3. The van der Waals surface area contributed by atoms with Crippen LogP contribution in [0.15, 0.2) is 12.1 Å². The minimum atomic E-state index is 1.26. The molecule has 2 rings (SSSR count). The van der Waals surface area contributed by atoms with Gasteiger partial charge in [-0.05, 0) is 38.3 Å². The lowest BCUT2D eigenvalue weighted by Gasteiger charge is -2.27. The van der Waals surface area contributed by atoms with Gasteiger partial charge >= 0.3 is 0 Å². The van der Waals surface area contributed by atoms with Crippen molar-refractivity contribution in [2.24, 2.45) is 0 Å². The first-order chi connectivity index (χ1) is 5.86. The molecule has 0 bridgehead atoms. The van der Waals surface area contributed by atoms with Gasteiger partial charge in [0.05, 0.1) is 5.00 Å². The smallest absolute Gasteiger partial charge is 0.0911 e. The van der Waals surface area contributed by atoms with Crippen LogP contribution in [0.1, 0.15) is 24.1 Å². The zero-order chi connectivity index (χ0) is 8.39. The van der Waals surface area contributed by atoms with Crippen molar-refractivity contribution < 1.29 is 0 Å². The number of aryl methyl sites for hydroxylation is 1. The van der Waals surface area contributed by atoms with E-state index in [-0.39, 0.29) is 0 Å². The topological polar surface area (TPSA) is 3.24 Å². The first-order valence-electron chi connectivity index (χ1n) is 4.67. The van der Waals surface area contributed by atoms with Crippen LogP contribution in [0.2, 0.25) is 0 Å². The van der Waals surface area contributed by atoms with Crippen LogP contribution in [0.4, 0.5) is 5.00 Å². The van der Waals surface area contributed by atoms with E-state index in [0.717, 1.165) is 0 Å². The number of rotatable bonds is 1. The van der Waals surface area contributed by atoms with E-state index in [1.165, 1.54) is 42.2 Å². The predicted molar refractivity (Wildman–Crippen MR) is 55.1 cm³/mol. The molecule has 0 unspecified atom stereocenters. The van der Waals surface area contributed by atoms with Crippen molar-refractivity contribution in [2.45, 2.75) is 26.2 Å². The maximum absolute atomic E-state index is 2.52. The molecule has 0 amide bonds. The van der Waals surface area contributed by atoms with Gasteiger partial charge in [-0.1, -0.05) is 0 Å². The van der Waals surface area contributed by atoms with E-state index in [1.807, 2.05) is 11.3 Å². The average molecular weight is 181 g/mol. The molecule has 0 atom stereocenters. The van der Waals surface area contributed by atoms with Crippen molar-refractivity contribution >= 4 is 16.3 Å². The number of hydrogen-bond donors (Lipinski definition) is 0. The van der Waals surface area contributed by atoms with Crippen molar-refractivity contribution in [3.05, 3.63) is 17.0 Å². The molecule has 1 aromatic rings. The number of anilines is 1. The quantitative estimate of drug-likeness (QED) is 0.643. The summed E-state index contributed by atoms with van der Waals surface area (Å²) in [5, 5.41) is 1.46. The summed E-state index contributed by atoms with van der Waals surface area (Å²) in [6.07, 6.45) is 4.16. The molecule has 0 aromatic carbocycles. The van der Waals surface area contributed by atoms with E-state index in [1.54, 1.807) is 0 Å². The van der Waals surface area contributed by atoms with Gasteiger partial charge in [0.25, 0.3) is 0 Å². The minimum absolute atomic E-state index is 1.26. The number of nitrogens with zero attached hydrogens (tertiary/aromatic N) is 1. The molecule has 2 heteroatoms. The molecule has 0 N–H and O–H groups in total. The van der Waals surface area contributed by atoms with Gasteiger partial charge in [-0.3, -0.25) is 0 Å². The third-order valence-electron chi connectivity index (χ3n) is 2.39. The molecule has 1 fully saturated rings. The molecule has 1 nitrogen and oxygen atoms in total. The highest BCUT2D eigenvalue weighted by atomic mass is 32.1. The Labute approximate surface area is 78.0 Å². The van der Waals surface area contributed by atoms with Crippen molar-refractivity contribution in [3.8, 4) is 0 Å². The Balaban J connectivity index is 2.08. The second-order valence-corrected chi connectivity index (χ2v) is 4.70. The Morgan fingerprint density at radius 3 is 2.50 bits per heavy atom. The molecule has 0 aliphatic carbocycles. The first kappa shape index (κ1) is 8.11. The maximum atomic E-state index is 2.52. The van der Waals surface area contributed by atoms with E-state index >= 15 is 0 Å². The summed E-state index contributed by atoms with van der Waals surface area (Å²) in [5.41, 5.74) is 0. The zero-order valence-corrected chi connectivity index (χ0v) is 8.36. The lowest BCUT2D eigenvalue weighted by molar-refractivity contribution is 0.580. The molecule has 0 saturated carbocycles. The molecule has 1 aliphatic heterocycles. The summed E-state index contributed by atoms with van der Waals surface area (Å²) in [4.78, 5) is 3.94. The molecule has 0 spiro atoms. The largest absolute Gasteiger partial charge is 0.363 e. The van der Waals surface area contributed by atoms with Crippen LogP contribution in [0.5, 0.6) is 0 Å². The van der Waals surface area contributed by atoms with Crippen molar-refractivity contribution in [1.82, 2.24) is 0 Å². The zero-order valence-electron chi connectivity index (χ0n) is 7.55. The van der Waals surface area contributed by atoms with Gasteiger partial charge in [0, 0.05) is 18.0 Å². The number of piperidine rings is 1. The van der Waals surface area contributed by atoms with E-state index in [2.05, 4.69) is 24.0 Å². The van der Waals surface area contributed by atoms with Crippen LogP contribution >= 0.6 is 11.3 Å².